The molecule has 0 fully saturated rings. The summed E-state index contributed by atoms with van der Waals surface area (Å²) in [6.07, 6.45) is 4.32. The summed E-state index contributed by atoms with van der Waals surface area (Å²) in [6, 6.07) is 19.3. The first-order valence-electron chi connectivity index (χ1n) is 8.88. The van der Waals surface area contributed by atoms with Crippen LogP contribution in [0.25, 0.3) is 0 Å². The van der Waals surface area contributed by atoms with Crippen LogP contribution in [0.5, 0.6) is 11.5 Å². The minimum Gasteiger partial charge on any atom is -0.457 e. The highest BCUT2D eigenvalue weighted by atomic mass is 32.2. The summed E-state index contributed by atoms with van der Waals surface area (Å²) in [6.45, 7) is -0.0222. The minimum absolute atomic E-state index is 0.294. The fourth-order valence-electron chi connectivity index (χ4n) is 2.59. The van der Waals surface area contributed by atoms with Gasteiger partial charge in [0.05, 0.1) is 11.9 Å². The molecule has 0 aliphatic rings. The van der Waals surface area contributed by atoms with Crippen LogP contribution in [0.15, 0.2) is 79.1 Å². The van der Waals surface area contributed by atoms with Gasteiger partial charge >= 0.3 is 0 Å². The van der Waals surface area contributed by atoms with Crippen LogP contribution in [0.1, 0.15) is 5.56 Å². The van der Waals surface area contributed by atoms with E-state index in [1.807, 2.05) is 30.3 Å². The summed E-state index contributed by atoms with van der Waals surface area (Å²) < 4.78 is 31.2. The monoisotopic (exact) mass is 411 g/mol. The van der Waals surface area contributed by atoms with Gasteiger partial charge in [0.25, 0.3) is 0 Å². The average Bonchev–Trinajstić information content (AvgIpc) is 2.72. The van der Waals surface area contributed by atoms with Crippen molar-refractivity contribution in [1.29, 1.82) is 0 Å². The Hall–Kier alpha value is -3.39. The van der Waals surface area contributed by atoms with Crippen molar-refractivity contribution in [2.75, 3.05) is 17.1 Å². The van der Waals surface area contributed by atoms with Crippen molar-refractivity contribution in [2.45, 2.75) is 6.54 Å². The van der Waals surface area contributed by atoms with Gasteiger partial charge in [0.2, 0.25) is 15.9 Å². The number of benzene rings is 2. The summed E-state index contributed by atoms with van der Waals surface area (Å²) in [4.78, 5) is 16.2. The van der Waals surface area contributed by atoms with Crippen molar-refractivity contribution in [3.05, 3.63) is 84.7 Å². The highest BCUT2D eigenvalue weighted by Gasteiger charge is 2.20. The zero-order valence-corrected chi connectivity index (χ0v) is 16.7. The van der Waals surface area contributed by atoms with Crippen molar-refractivity contribution in [3.63, 3.8) is 0 Å². The molecule has 150 valence electrons. The van der Waals surface area contributed by atoms with Crippen LogP contribution < -0.4 is 14.4 Å². The second-order valence-electron chi connectivity index (χ2n) is 6.31. The van der Waals surface area contributed by atoms with E-state index in [9.17, 15) is 13.2 Å². The second kappa shape index (κ2) is 9.20. The Labute approximate surface area is 170 Å². The molecule has 0 bridgehead atoms. The normalized spacial score (nSPS) is 10.9. The lowest BCUT2D eigenvalue weighted by Crippen LogP contribution is -2.40. The lowest BCUT2D eigenvalue weighted by Gasteiger charge is -2.22. The third-order valence-corrected chi connectivity index (χ3v) is 5.17. The molecule has 0 radical (unpaired) electrons. The summed E-state index contributed by atoms with van der Waals surface area (Å²) in [7, 11) is -3.65. The molecular formula is C21H21N3O4S. The maximum absolute atomic E-state index is 12.3. The molecule has 0 aliphatic heterocycles. The maximum Gasteiger partial charge on any atom is 0.241 e. The number of aromatic nitrogens is 1. The van der Waals surface area contributed by atoms with Gasteiger partial charge in [0.15, 0.2) is 0 Å². The second-order valence-corrected chi connectivity index (χ2v) is 8.22. The maximum atomic E-state index is 12.3. The topological polar surface area (TPSA) is 88.6 Å². The fraction of sp³-hybridized carbons (Fsp3) is 0.143. The van der Waals surface area contributed by atoms with Gasteiger partial charge < -0.3 is 10.1 Å². The van der Waals surface area contributed by atoms with E-state index < -0.39 is 15.9 Å². The van der Waals surface area contributed by atoms with E-state index in [-0.39, 0.29) is 6.54 Å². The van der Waals surface area contributed by atoms with E-state index in [2.05, 4.69) is 10.3 Å². The molecule has 0 unspecified atom stereocenters. The van der Waals surface area contributed by atoms with Gasteiger partial charge in [0, 0.05) is 18.9 Å². The first kappa shape index (κ1) is 20.3. The molecule has 1 heterocycles. The van der Waals surface area contributed by atoms with E-state index in [0.717, 1.165) is 16.1 Å². The number of sulfonamides is 1. The van der Waals surface area contributed by atoms with Gasteiger partial charge in [-0.25, -0.2) is 8.42 Å². The molecule has 0 aliphatic carbocycles. The fourth-order valence-corrected chi connectivity index (χ4v) is 3.45. The number of ether oxygens (including phenoxy) is 1. The Balaban J connectivity index is 1.67. The van der Waals surface area contributed by atoms with E-state index in [1.165, 1.54) is 0 Å². The first-order valence-corrected chi connectivity index (χ1v) is 10.7. The van der Waals surface area contributed by atoms with E-state index in [1.54, 1.807) is 48.8 Å². The summed E-state index contributed by atoms with van der Waals surface area (Å²) in [5.41, 5.74) is 1.26. The van der Waals surface area contributed by atoms with Crippen molar-refractivity contribution in [1.82, 2.24) is 10.3 Å². The van der Waals surface area contributed by atoms with Crippen LogP contribution in [-0.4, -0.2) is 32.1 Å². The van der Waals surface area contributed by atoms with E-state index in [0.29, 0.717) is 23.7 Å². The molecular weight excluding hydrogens is 390 g/mol. The number of para-hydroxylation sites is 1. The molecule has 0 spiro atoms. The molecule has 8 heteroatoms. The predicted molar refractivity (Wildman–Crippen MR) is 111 cm³/mol. The number of pyridine rings is 1. The molecule has 3 aromatic rings. The van der Waals surface area contributed by atoms with Crippen molar-refractivity contribution < 1.29 is 17.9 Å². The van der Waals surface area contributed by atoms with Crippen LogP contribution >= 0.6 is 0 Å². The molecule has 0 saturated heterocycles. The molecule has 7 nitrogen and oxygen atoms in total. The largest absolute Gasteiger partial charge is 0.457 e. The van der Waals surface area contributed by atoms with Crippen molar-refractivity contribution in [3.8, 4) is 11.5 Å². The zero-order chi connectivity index (χ0) is 20.7. The number of carbonyl (C=O) groups is 1. The number of carbonyl (C=O) groups excluding carboxylic acids is 1. The predicted octanol–water partition coefficient (Wildman–Crippen LogP) is 2.96. The standard InChI is InChI=1S/C21H21N3O4S/c1-29(26,27)24(16-21(25)23-15-17-11-13-22-14-12-17)18-7-9-20(10-8-18)28-19-5-3-2-4-6-19/h2-14H,15-16H2,1H3,(H,23,25). The van der Waals surface area contributed by atoms with Crippen molar-refractivity contribution in [2.24, 2.45) is 0 Å². The van der Waals surface area contributed by atoms with E-state index >= 15 is 0 Å². The number of hydrogen-bond donors (Lipinski definition) is 1. The number of nitrogens with zero attached hydrogens (tertiary/aromatic N) is 2. The summed E-state index contributed by atoms with van der Waals surface area (Å²) in [5.74, 6) is 0.836. The SMILES string of the molecule is CS(=O)(=O)N(CC(=O)NCc1ccncc1)c1ccc(Oc2ccccc2)cc1. The van der Waals surface area contributed by atoms with Crippen LogP contribution in [-0.2, 0) is 21.4 Å². The lowest BCUT2D eigenvalue weighted by atomic mass is 10.2. The number of anilines is 1. The molecule has 1 N–H and O–H groups in total. The molecule has 0 saturated carbocycles. The Bertz CT molecular complexity index is 1040. The minimum atomic E-state index is -3.65. The number of nitrogens with one attached hydrogen (secondary N) is 1. The molecule has 1 amide bonds. The first-order chi connectivity index (χ1) is 13.9. The summed E-state index contributed by atoms with van der Waals surface area (Å²) in [5, 5.41) is 2.72. The Morgan fingerprint density at radius 3 is 2.21 bits per heavy atom. The highest BCUT2D eigenvalue weighted by Crippen LogP contribution is 2.25. The Morgan fingerprint density at radius 1 is 0.966 bits per heavy atom. The van der Waals surface area contributed by atoms with Gasteiger partial charge in [-0.1, -0.05) is 18.2 Å². The Kier molecular flexibility index (Phi) is 6.46. The highest BCUT2D eigenvalue weighted by molar-refractivity contribution is 7.92. The lowest BCUT2D eigenvalue weighted by molar-refractivity contribution is -0.119. The number of amides is 1. The van der Waals surface area contributed by atoms with Gasteiger partial charge in [-0.05, 0) is 54.1 Å². The average molecular weight is 411 g/mol. The van der Waals surface area contributed by atoms with Crippen LogP contribution in [0, 0.1) is 0 Å². The number of rotatable bonds is 8. The molecule has 29 heavy (non-hydrogen) atoms. The van der Waals surface area contributed by atoms with E-state index in [4.69, 9.17) is 4.74 Å². The summed E-state index contributed by atoms with van der Waals surface area (Å²) >= 11 is 0. The zero-order valence-electron chi connectivity index (χ0n) is 15.9. The van der Waals surface area contributed by atoms with Gasteiger partial charge in [-0.2, -0.15) is 0 Å². The third-order valence-electron chi connectivity index (χ3n) is 4.03. The molecule has 1 aromatic heterocycles. The van der Waals surface area contributed by atoms with Crippen LogP contribution in [0.3, 0.4) is 0 Å². The quantitative estimate of drug-likeness (QED) is 0.616. The van der Waals surface area contributed by atoms with Crippen LogP contribution in [0.4, 0.5) is 5.69 Å². The Morgan fingerprint density at radius 2 is 1.59 bits per heavy atom. The van der Waals surface area contributed by atoms with Gasteiger partial charge in [-0.15, -0.1) is 0 Å². The third kappa shape index (κ3) is 6.05. The molecule has 3 rings (SSSR count). The molecule has 2 aromatic carbocycles. The molecule has 0 atom stereocenters. The van der Waals surface area contributed by atoms with Crippen LogP contribution in [0.2, 0.25) is 0 Å². The van der Waals surface area contributed by atoms with Gasteiger partial charge in [-0.3, -0.25) is 14.1 Å². The van der Waals surface area contributed by atoms with Crippen molar-refractivity contribution >= 4 is 21.6 Å². The number of hydrogen-bond acceptors (Lipinski definition) is 5. The van der Waals surface area contributed by atoms with Gasteiger partial charge in [0.1, 0.15) is 18.0 Å². The smallest absolute Gasteiger partial charge is 0.241 e.